The van der Waals surface area contributed by atoms with Crippen LogP contribution in [0.25, 0.3) is 0 Å². The van der Waals surface area contributed by atoms with E-state index in [4.69, 9.17) is 0 Å². The summed E-state index contributed by atoms with van der Waals surface area (Å²) in [4.78, 5) is 0. The predicted octanol–water partition coefficient (Wildman–Crippen LogP) is 2.30. The summed E-state index contributed by atoms with van der Waals surface area (Å²) in [5.74, 6) is 0. The van der Waals surface area contributed by atoms with E-state index in [1.54, 1.807) is 0 Å². The maximum Gasteiger partial charge on any atom is 0.101 e. The molecule has 26 heavy (non-hydrogen) atoms. The molecule has 3 aromatic carbocycles. The van der Waals surface area contributed by atoms with Crippen molar-refractivity contribution in [3.05, 3.63) is 107 Å². The van der Waals surface area contributed by atoms with Crippen molar-refractivity contribution in [1.82, 2.24) is 0 Å². The fraction of sp³-hybridized carbons (Fsp3) is 0.250. The minimum absolute atomic E-state index is 1.06. The van der Waals surface area contributed by atoms with Gasteiger partial charge in [-0.2, -0.15) is 0 Å². The average Bonchev–Trinajstić information content (AvgIpc) is 2.71. The van der Waals surface area contributed by atoms with Gasteiger partial charge in [-0.1, -0.05) is 78.9 Å². The fourth-order valence-corrected chi connectivity index (χ4v) is 3.25. The average molecular weight is 347 g/mol. The molecule has 0 saturated carbocycles. The number of hydrogen-bond acceptors (Lipinski definition) is 0. The lowest BCUT2D eigenvalue weighted by molar-refractivity contribution is -0.671. The van der Waals surface area contributed by atoms with Gasteiger partial charge in [0.05, 0.1) is 13.1 Å². The van der Waals surface area contributed by atoms with Crippen LogP contribution in [0.15, 0.2) is 84.9 Å². The summed E-state index contributed by atoms with van der Waals surface area (Å²) in [6, 6.07) is 30.5. The molecule has 3 aromatic rings. The Kier molecular flexibility index (Phi) is 7.45. The van der Waals surface area contributed by atoms with Gasteiger partial charge in [-0.3, -0.25) is 0 Å². The van der Waals surface area contributed by atoms with Crippen molar-refractivity contribution in [2.75, 3.05) is 13.1 Å². The second-order valence-electron chi connectivity index (χ2n) is 6.85. The highest BCUT2D eigenvalue weighted by molar-refractivity contribution is 5.22. The molecule has 2 nitrogen and oxygen atoms in total. The van der Waals surface area contributed by atoms with Gasteiger partial charge in [0.15, 0.2) is 0 Å². The van der Waals surface area contributed by atoms with Crippen LogP contribution in [-0.4, -0.2) is 13.1 Å². The van der Waals surface area contributed by atoms with Gasteiger partial charge in [-0.25, -0.2) is 0 Å². The molecule has 0 aliphatic rings. The second kappa shape index (κ2) is 10.5. The van der Waals surface area contributed by atoms with Gasteiger partial charge in [-0.05, 0) is 17.2 Å². The zero-order valence-corrected chi connectivity index (χ0v) is 15.5. The number of benzene rings is 3. The molecule has 0 spiro atoms. The maximum atomic E-state index is 2.41. The third-order valence-electron chi connectivity index (χ3n) is 4.71. The molecule has 0 heterocycles. The first-order valence-electron chi connectivity index (χ1n) is 9.69. The van der Waals surface area contributed by atoms with Crippen LogP contribution in [0.1, 0.15) is 22.3 Å². The summed E-state index contributed by atoms with van der Waals surface area (Å²) in [7, 11) is 0. The van der Waals surface area contributed by atoms with Crippen LogP contribution in [-0.2, 0) is 25.9 Å². The van der Waals surface area contributed by atoms with Crippen LogP contribution in [0, 0.1) is 0 Å². The van der Waals surface area contributed by atoms with Gasteiger partial charge >= 0.3 is 0 Å². The molecule has 3 rings (SSSR count). The highest BCUT2D eigenvalue weighted by atomic mass is 14.9. The van der Waals surface area contributed by atoms with E-state index in [1.165, 1.54) is 22.3 Å². The van der Waals surface area contributed by atoms with Crippen molar-refractivity contribution in [3.63, 3.8) is 0 Å². The number of rotatable bonds is 10. The lowest BCUT2D eigenvalue weighted by Gasteiger charge is -2.06. The molecule has 0 atom stereocenters. The van der Waals surface area contributed by atoms with Gasteiger partial charge in [-0.15, -0.1) is 0 Å². The van der Waals surface area contributed by atoms with Crippen molar-refractivity contribution in [3.8, 4) is 0 Å². The summed E-state index contributed by atoms with van der Waals surface area (Å²) in [5.41, 5.74) is 5.69. The quantitative estimate of drug-likeness (QED) is 0.528. The topological polar surface area (TPSA) is 33.2 Å². The van der Waals surface area contributed by atoms with E-state index in [1.807, 2.05) is 0 Å². The highest BCUT2D eigenvalue weighted by Crippen LogP contribution is 2.03. The first-order chi connectivity index (χ1) is 12.9. The molecular weight excluding hydrogens is 316 g/mol. The van der Waals surface area contributed by atoms with Crippen molar-refractivity contribution < 1.29 is 10.6 Å². The Hall–Kier alpha value is -2.42. The summed E-state index contributed by atoms with van der Waals surface area (Å²) in [5, 5.41) is 4.82. The van der Waals surface area contributed by atoms with Crippen LogP contribution in [0.4, 0.5) is 0 Å². The molecule has 0 radical (unpaired) electrons. The molecule has 4 N–H and O–H groups in total. The zero-order valence-electron chi connectivity index (χ0n) is 15.5. The van der Waals surface area contributed by atoms with E-state index in [0.717, 1.165) is 39.0 Å². The smallest absolute Gasteiger partial charge is 0.101 e. The Morgan fingerprint density at radius 2 is 0.885 bits per heavy atom. The highest BCUT2D eigenvalue weighted by Gasteiger charge is 2.01. The van der Waals surface area contributed by atoms with Crippen molar-refractivity contribution in [1.29, 1.82) is 0 Å². The number of quaternary nitrogens is 2. The molecular formula is C24H30N2+2. The summed E-state index contributed by atoms with van der Waals surface area (Å²) < 4.78 is 0. The Morgan fingerprint density at radius 3 is 1.35 bits per heavy atom. The van der Waals surface area contributed by atoms with Gasteiger partial charge in [0.2, 0.25) is 0 Å². The van der Waals surface area contributed by atoms with Crippen LogP contribution in [0.5, 0.6) is 0 Å². The molecule has 0 aromatic heterocycles. The third kappa shape index (κ3) is 6.47. The fourth-order valence-electron chi connectivity index (χ4n) is 3.25. The molecule has 134 valence electrons. The minimum Gasteiger partial charge on any atom is -0.342 e. The normalized spacial score (nSPS) is 10.8. The van der Waals surface area contributed by atoms with E-state index in [0.29, 0.717) is 0 Å². The van der Waals surface area contributed by atoms with Crippen LogP contribution in [0.2, 0.25) is 0 Å². The lowest BCUT2D eigenvalue weighted by Crippen LogP contribution is -2.83. The SMILES string of the molecule is c1ccc(CC[NH2+]Cc2cccc(C[NH2+]CCc3ccccc3)c2)cc1. The van der Waals surface area contributed by atoms with Gasteiger partial charge in [0, 0.05) is 24.0 Å². The van der Waals surface area contributed by atoms with Crippen LogP contribution >= 0.6 is 0 Å². The van der Waals surface area contributed by atoms with Gasteiger partial charge in [0.25, 0.3) is 0 Å². The number of nitrogens with two attached hydrogens (primary N) is 2. The summed E-state index contributed by atoms with van der Waals surface area (Å²) in [6.07, 6.45) is 2.27. The van der Waals surface area contributed by atoms with E-state index in [-0.39, 0.29) is 0 Å². The first-order valence-corrected chi connectivity index (χ1v) is 9.69. The minimum atomic E-state index is 1.06. The van der Waals surface area contributed by atoms with Crippen molar-refractivity contribution >= 4 is 0 Å². The van der Waals surface area contributed by atoms with E-state index in [2.05, 4.69) is 95.6 Å². The van der Waals surface area contributed by atoms with Gasteiger partial charge in [0.1, 0.15) is 13.1 Å². The first kappa shape index (κ1) is 18.4. The van der Waals surface area contributed by atoms with E-state index < -0.39 is 0 Å². The molecule has 0 unspecified atom stereocenters. The maximum absolute atomic E-state index is 2.41. The molecule has 0 aliphatic carbocycles. The second-order valence-corrected chi connectivity index (χ2v) is 6.85. The molecule has 2 heteroatoms. The molecule has 0 amide bonds. The standard InChI is InChI=1S/C24H28N2/c1-3-8-21(9-4-1)14-16-25-19-23-12-7-13-24(18-23)20-26-17-15-22-10-5-2-6-11-22/h1-13,18,25-26H,14-17,19-20H2/p+2. The Balaban J connectivity index is 1.36. The lowest BCUT2D eigenvalue weighted by atomic mass is 10.1. The summed E-state index contributed by atoms with van der Waals surface area (Å²) >= 11 is 0. The zero-order chi connectivity index (χ0) is 17.9. The summed E-state index contributed by atoms with van der Waals surface area (Å²) in [6.45, 7) is 4.39. The monoisotopic (exact) mass is 346 g/mol. The molecule has 0 bridgehead atoms. The van der Waals surface area contributed by atoms with Crippen LogP contribution in [0.3, 0.4) is 0 Å². The van der Waals surface area contributed by atoms with Crippen molar-refractivity contribution in [2.45, 2.75) is 25.9 Å². The van der Waals surface area contributed by atoms with Crippen molar-refractivity contribution in [2.24, 2.45) is 0 Å². The Morgan fingerprint density at radius 1 is 0.462 bits per heavy atom. The molecule has 0 saturated heterocycles. The Bertz CT molecular complexity index is 691. The van der Waals surface area contributed by atoms with E-state index >= 15 is 0 Å². The largest absolute Gasteiger partial charge is 0.342 e. The van der Waals surface area contributed by atoms with E-state index in [9.17, 15) is 0 Å². The molecule has 0 fully saturated rings. The van der Waals surface area contributed by atoms with Crippen LogP contribution < -0.4 is 10.6 Å². The molecule has 0 aliphatic heterocycles. The number of hydrogen-bond donors (Lipinski definition) is 2. The third-order valence-corrected chi connectivity index (χ3v) is 4.71. The van der Waals surface area contributed by atoms with Gasteiger partial charge < -0.3 is 10.6 Å². The Labute approximate surface area is 157 Å². The predicted molar refractivity (Wildman–Crippen MR) is 108 cm³/mol.